The molecule has 0 saturated carbocycles. The minimum atomic E-state index is -1.42. The third-order valence-electron chi connectivity index (χ3n) is 12.6. The summed E-state index contributed by atoms with van der Waals surface area (Å²) in [5, 5.41) is 0.678. The molecule has 2 unspecified atom stereocenters. The second kappa shape index (κ2) is 17.9. The Kier molecular flexibility index (Phi) is 11.2. The molecule has 0 spiro atoms. The second-order valence-corrected chi connectivity index (χ2v) is 17.8. The van der Waals surface area contributed by atoms with E-state index < -0.39 is 5.79 Å². The van der Waals surface area contributed by atoms with Crippen LogP contribution in [0.5, 0.6) is 11.5 Å². The van der Waals surface area contributed by atoms with Crippen molar-refractivity contribution < 1.29 is 9.47 Å². The summed E-state index contributed by atoms with van der Waals surface area (Å²) in [6.45, 7) is 0. The molecule has 10 aromatic carbocycles. The first-order chi connectivity index (χ1) is 32.6. The summed E-state index contributed by atoms with van der Waals surface area (Å²) >= 11 is 10.3. The fraction of sp³-hybridized carbons (Fsp3) is 0.0323. The van der Waals surface area contributed by atoms with Gasteiger partial charge in [-0.3, -0.25) is 0 Å². The molecule has 0 fully saturated rings. The van der Waals surface area contributed by atoms with Gasteiger partial charge in [-0.05, 0) is 85.5 Å². The third kappa shape index (κ3) is 7.50. The van der Waals surface area contributed by atoms with Gasteiger partial charge in [-0.2, -0.15) is 0 Å². The SMILES string of the molecule is Clc1ccc(-c2ccccc2-c2c3c(c(-c4ccccc4)c(-c4ccccc4)c2C(c2ccccc2)c2ccc(Br)cc2)OC(c2ccccc2)(c2ccccc2-c2ccccc2)O3)cc1. The minimum absolute atomic E-state index is 0.275. The zero-order valence-corrected chi connectivity index (χ0v) is 38.2. The molecule has 0 bridgehead atoms. The summed E-state index contributed by atoms with van der Waals surface area (Å²) in [6, 6.07) is 87.2. The van der Waals surface area contributed by atoms with Crippen molar-refractivity contribution in [3.8, 4) is 67.1 Å². The van der Waals surface area contributed by atoms with Crippen molar-refractivity contribution in [2.75, 3.05) is 0 Å². The van der Waals surface area contributed by atoms with Crippen molar-refractivity contribution in [1.29, 1.82) is 0 Å². The fourth-order valence-corrected chi connectivity index (χ4v) is 10.0. The Morgan fingerprint density at radius 3 is 1.41 bits per heavy atom. The Hall–Kier alpha value is -7.43. The lowest BCUT2D eigenvalue weighted by molar-refractivity contribution is -0.0449. The number of hydrogen-bond acceptors (Lipinski definition) is 2. The van der Waals surface area contributed by atoms with Crippen molar-refractivity contribution in [3.05, 3.63) is 286 Å². The van der Waals surface area contributed by atoms with Crippen molar-refractivity contribution in [1.82, 2.24) is 0 Å². The van der Waals surface area contributed by atoms with E-state index in [0.717, 1.165) is 87.9 Å². The van der Waals surface area contributed by atoms with E-state index in [9.17, 15) is 0 Å². The molecule has 4 heteroatoms. The molecule has 1 aliphatic rings. The molecule has 0 amide bonds. The Bertz CT molecular complexity index is 3290. The van der Waals surface area contributed by atoms with Crippen LogP contribution >= 0.6 is 27.5 Å². The standard InChI is InChI=1S/C62H42BrClO2/c63-49-38-34-47(35-39-49)55(44-22-8-2-9-23-44)59-56(45-24-10-3-11-25-45)57(46-26-12-4-13-27-46)60-61(58(59)53-32-17-16-30-51(53)43-36-40-50(64)41-37-43)66-62(65-60,48-28-14-5-15-29-48)54-33-19-18-31-52(54)42-20-6-1-7-21-42/h1-41,55H. The lowest BCUT2D eigenvalue weighted by Gasteiger charge is -2.31. The molecule has 1 aliphatic heterocycles. The van der Waals surface area contributed by atoms with Crippen molar-refractivity contribution >= 4 is 27.5 Å². The number of ether oxygens (including phenoxy) is 2. The molecule has 0 aromatic heterocycles. The maximum absolute atomic E-state index is 8.01. The van der Waals surface area contributed by atoms with E-state index in [1.165, 1.54) is 0 Å². The molecular weight excluding hydrogens is 892 g/mol. The lowest BCUT2D eigenvalue weighted by atomic mass is 9.74. The molecule has 2 atom stereocenters. The third-order valence-corrected chi connectivity index (χ3v) is 13.3. The number of fused-ring (bicyclic) bond motifs is 1. The smallest absolute Gasteiger partial charge is 0.306 e. The molecule has 0 N–H and O–H groups in total. The minimum Gasteiger partial charge on any atom is -0.440 e. The maximum atomic E-state index is 8.01. The van der Waals surface area contributed by atoms with E-state index >= 15 is 0 Å². The highest BCUT2D eigenvalue weighted by atomic mass is 79.9. The van der Waals surface area contributed by atoms with Gasteiger partial charge >= 0.3 is 5.79 Å². The normalized spacial score (nSPS) is 14.5. The fourth-order valence-electron chi connectivity index (χ4n) is 9.66. The van der Waals surface area contributed by atoms with Gasteiger partial charge in [-0.1, -0.05) is 252 Å². The summed E-state index contributed by atoms with van der Waals surface area (Å²) < 4.78 is 16.9. The molecule has 10 aromatic rings. The van der Waals surface area contributed by atoms with Crippen LogP contribution < -0.4 is 9.47 Å². The zero-order valence-electron chi connectivity index (χ0n) is 35.8. The van der Waals surface area contributed by atoms with Crippen molar-refractivity contribution in [2.45, 2.75) is 11.7 Å². The highest BCUT2D eigenvalue weighted by Gasteiger charge is 2.51. The molecule has 316 valence electrons. The van der Waals surface area contributed by atoms with Gasteiger partial charge in [0.1, 0.15) is 0 Å². The largest absolute Gasteiger partial charge is 0.440 e. The summed E-state index contributed by atoms with van der Waals surface area (Å²) in [7, 11) is 0. The first-order valence-corrected chi connectivity index (χ1v) is 23.3. The van der Waals surface area contributed by atoms with Crippen molar-refractivity contribution in [2.24, 2.45) is 0 Å². The summed E-state index contributed by atoms with van der Waals surface area (Å²) in [6.07, 6.45) is 0. The van der Waals surface area contributed by atoms with Gasteiger partial charge in [0.2, 0.25) is 0 Å². The Morgan fingerprint density at radius 2 is 0.803 bits per heavy atom. The predicted molar refractivity (Wildman–Crippen MR) is 275 cm³/mol. The molecule has 11 rings (SSSR count). The van der Waals surface area contributed by atoms with E-state index in [0.29, 0.717) is 16.5 Å². The molecule has 0 saturated heterocycles. The highest BCUT2D eigenvalue weighted by molar-refractivity contribution is 9.10. The molecule has 0 radical (unpaired) electrons. The quantitative estimate of drug-likeness (QED) is 0.127. The molecular formula is C62H42BrClO2. The van der Waals surface area contributed by atoms with Crippen LogP contribution in [0.15, 0.2) is 253 Å². The number of rotatable bonds is 10. The van der Waals surface area contributed by atoms with Crippen molar-refractivity contribution in [3.63, 3.8) is 0 Å². The average Bonchev–Trinajstić information content (AvgIpc) is 3.79. The first kappa shape index (κ1) is 41.3. The van der Waals surface area contributed by atoms with Crippen LogP contribution in [0.4, 0.5) is 0 Å². The summed E-state index contributed by atoms with van der Waals surface area (Å²) in [4.78, 5) is 0. The van der Waals surface area contributed by atoms with Gasteiger partial charge in [0.05, 0.1) is 0 Å². The van der Waals surface area contributed by atoms with E-state index in [1.54, 1.807) is 0 Å². The van der Waals surface area contributed by atoms with Crippen LogP contribution in [0, 0.1) is 0 Å². The van der Waals surface area contributed by atoms with Crippen LogP contribution in [-0.4, -0.2) is 0 Å². The lowest BCUT2D eigenvalue weighted by Crippen LogP contribution is -2.37. The summed E-state index contributed by atoms with van der Waals surface area (Å²) in [5.41, 5.74) is 15.3. The first-order valence-electron chi connectivity index (χ1n) is 22.2. The molecule has 1 heterocycles. The molecule has 0 aliphatic carbocycles. The molecule has 66 heavy (non-hydrogen) atoms. The monoisotopic (exact) mass is 932 g/mol. The average molecular weight is 934 g/mol. The van der Waals surface area contributed by atoms with Crippen LogP contribution in [0.25, 0.3) is 55.6 Å². The maximum Gasteiger partial charge on any atom is 0.306 e. The number of hydrogen-bond donors (Lipinski definition) is 0. The van der Waals surface area contributed by atoms with Gasteiger partial charge < -0.3 is 9.47 Å². The topological polar surface area (TPSA) is 18.5 Å². The van der Waals surface area contributed by atoms with Crippen LogP contribution in [-0.2, 0) is 5.79 Å². The Balaban J connectivity index is 1.36. The Labute approximate surface area is 399 Å². The molecule has 2 nitrogen and oxygen atoms in total. The van der Waals surface area contributed by atoms with E-state index in [4.69, 9.17) is 21.1 Å². The second-order valence-electron chi connectivity index (χ2n) is 16.5. The van der Waals surface area contributed by atoms with Gasteiger partial charge in [0, 0.05) is 37.7 Å². The van der Waals surface area contributed by atoms with E-state index in [2.05, 4.69) is 246 Å². The van der Waals surface area contributed by atoms with Gasteiger partial charge in [-0.25, -0.2) is 0 Å². The zero-order chi connectivity index (χ0) is 44.5. The van der Waals surface area contributed by atoms with Gasteiger partial charge in [0.15, 0.2) is 11.5 Å². The van der Waals surface area contributed by atoms with Gasteiger partial charge in [0.25, 0.3) is 0 Å². The number of benzene rings is 10. The van der Waals surface area contributed by atoms with Crippen LogP contribution in [0.2, 0.25) is 5.02 Å². The highest BCUT2D eigenvalue weighted by Crippen LogP contribution is 2.63. The van der Waals surface area contributed by atoms with Gasteiger partial charge in [-0.15, -0.1) is 0 Å². The Morgan fingerprint density at radius 1 is 0.364 bits per heavy atom. The van der Waals surface area contributed by atoms with Crippen LogP contribution in [0.1, 0.15) is 33.7 Å². The van der Waals surface area contributed by atoms with Crippen LogP contribution in [0.3, 0.4) is 0 Å². The number of halogens is 2. The summed E-state index contributed by atoms with van der Waals surface area (Å²) in [5.74, 6) is -0.369. The predicted octanol–water partition coefficient (Wildman–Crippen LogP) is 17.3. The van der Waals surface area contributed by atoms with E-state index in [1.807, 2.05) is 18.2 Å². The van der Waals surface area contributed by atoms with E-state index in [-0.39, 0.29) is 5.92 Å².